The van der Waals surface area contributed by atoms with Crippen molar-refractivity contribution >= 4 is 11.7 Å². The Morgan fingerprint density at radius 3 is 3.00 bits per heavy atom. The van der Waals surface area contributed by atoms with E-state index in [1.807, 2.05) is 0 Å². The zero-order chi connectivity index (χ0) is 17.5. The summed E-state index contributed by atoms with van der Waals surface area (Å²) in [6.07, 6.45) is 9.10. The quantitative estimate of drug-likeness (QED) is 0.772. The standard InChI is InChI=1S/C15H24N8O2/c1-25-8-7-23-14(19-20-21-23)11-22-10-13(9-16-22)18-15(24)17-12-5-3-2-4-6-12/h9-10,12H,2-8,11H2,1H3,(H2,17,18,24). The molecule has 0 spiro atoms. The number of rotatable bonds is 7. The van der Waals surface area contributed by atoms with Crippen LogP contribution in [0.3, 0.4) is 0 Å². The molecule has 2 aromatic heterocycles. The van der Waals surface area contributed by atoms with Gasteiger partial charge in [-0.05, 0) is 23.3 Å². The van der Waals surface area contributed by atoms with Gasteiger partial charge in [0.2, 0.25) is 0 Å². The SMILES string of the molecule is COCCn1nnnc1Cn1cc(NC(=O)NC2CCCCC2)cn1. The number of hydrogen-bond donors (Lipinski definition) is 2. The van der Waals surface area contributed by atoms with Gasteiger partial charge in [-0.1, -0.05) is 19.3 Å². The topological polar surface area (TPSA) is 112 Å². The third-order valence-corrected chi connectivity index (χ3v) is 4.25. The van der Waals surface area contributed by atoms with Crippen molar-refractivity contribution in [3.05, 3.63) is 18.2 Å². The van der Waals surface area contributed by atoms with E-state index in [1.54, 1.807) is 28.9 Å². The number of methoxy groups -OCH3 is 1. The maximum atomic E-state index is 12.1. The van der Waals surface area contributed by atoms with Gasteiger partial charge in [0, 0.05) is 19.3 Å². The summed E-state index contributed by atoms with van der Waals surface area (Å²) in [7, 11) is 1.63. The molecule has 0 unspecified atom stereocenters. The van der Waals surface area contributed by atoms with Crippen molar-refractivity contribution in [1.29, 1.82) is 0 Å². The van der Waals surface area contributed by atoms with E-state index in [4.69, 9.17) is 4.74 Å². The number of urea groups is 1. The monoisotopic (exact) mass is 348 g/mol. The summed E-state index contributed by atoms with van der Waals surface area (Å²) < 4.78 is 8.40. The second-order valence-electron chi connectivity index (χ2n) is 6.17. The molecule has 10 heteroatoms. The highest BCUT2D eigenvalue weighted by Crippen LogP contribution is 2.17. The van der Waals surface area contributed by atoms with Crippen molar-refractivity contribution in [2.45, 2.75) is 51.2 Å². The summed E-state index contributed by atoms with van der Waals surface area (Å²) in [5.41, 5.74) is 0.643. The first kappa shape index (κ1) is 17.3. The van der Waals surface area contributed by atoms with Crippen LogP contribution in [-0.2, 0) is 17.8 Å². The highest BCUT2D eigenvalue weighted by atomic mass is 16.5. The van der Waals surface area contributed by atoms with Crippen molar-refractivity contribution in [3.8, 4) is 0 Å². The zero-order valence-electron chi connectivity index (χ0n) is 14.4. The summed E-state index contributed by atoms with van der Waals surface area (Å²) in [4.78, 5) is 12.1. The van der Waals surface area contributed by atoms with E-state index in [1.165, 1.54) is 19.3 Å². The van der Waals surface area contributed by atoms with Gasteiger partial charge in [0.25, 0.3) is 0 Å². The summed E-state index contributed by atoms with van der Waals surface area (Å²) in [5, 5.41) is 21.7. The molecule has 0 bridgehead atoms. The van der Waals surface area contributed by atoms with Crippen LogP contribution in [-0.4, -0.2) is 55.8 Å². The summed E-state index contributed by atoms with van der Waals surface area (Å²) in [5.74, 6) is 0.679. The second-order valence-corrected chi connectivity index (χ2v) is 6.17. The zero-order valence-corrected chi connectivity index (χ0v) is 14.4. The Labute approximate surface area is 145 Å². The molecule has 3 rings (SSSR count). The number of aromatic nitrogens is 6. The molecule has 2 heterocycles. The lowest BCUT2D eigenvalue weighted by atomic mass is 9.96. The van der Waals surface area contributed by atoms with Crippen LogP contribution in [0.4, 0.5) is 10.5 Å². The van der Waals surface area contributed by atoms with Gasteiger partial charge in [-0.15, -0.1) is 5.10 Å². The van der Waals surface area contributed by atoms with Crippen LogP contribution in [0.1, 0.15) is 37.9 Å². The molecule has 0 aromatic carbocycles. The Morgan fingerprint density at radius 2 is 2.20 bits per heavy atom. The first-order valence-corrected chi connectivity index (χ1v) is 8.58. The number of carbonyl (C=O) groups excluding carboxylic acids is 1. The number of amides is 2. The fourth-order valence-corrected chi connectivity index (χ4v) is 2.95. The van der Waals surface area contributed by atoms with Crippen LogP contribution >= 0.6 is 0 Å². The molecule has 0 aliphatic heterocycles. The van der Waals surface area contributed by atoms with E-state index in [0.29, 0.717) is 31.2 Å². The van der Waals surface area contributed by atoms with E-state index in [-0.39, 0.29) is 12.1 Å². The fourth-order valence-electron chi connectivity index (χ4n) is 2.95. The number of tetrazole rings is 1. The number of hydrogen-bond acceptors (Lipinski definition) is 6. The maximum Gasteiger partial charge on any atom is 0.319 e. The van der Waals surface area contributed by atoms with Crippen LogP contribution in [0, 0.1) is 0 Å². The van der Waals surface area contributed by atoms with Crippen molar-refractivity contribution in [2.75, 3.05) is 19.0 Å². The predicted octanol–water partition coefficient (Wildman–Crippen LogP) is 1.02. The normalized spacial score (nSPS) is 15.2. The highest BCUT2D eigenvalue weighted by molar-refractivity contribution is 5.89. The molecule has 2 N–H and O–H groups in total. The largest absolute Gasteiger partial charge is 0.383 e. The number of carbonyl (C=O) groups is 1. The van der Waals surface area contributed by atoms with Gasteiger partial charge in [-0.25, -0.2) is 9.48 Å². The van der Waals surface area contributed by atoms with Crippen LogP contribution < -0.4 is 10.6 Å². The molecular weight excluding hydrogens is 324 g/mol. The van der Waals surface area contributed by atoms with Crippen molar-refractivity contribution in [2.24, 2.45) is 0 Å². The lowest BCUT2D eigenvalue weighted by molar-refractivity contribution is 0.181. The summed E-state index contributed by atoms with van der Waals surface area (Å²) in [6.45, 7) is 1.53. The smallest absolute Gasteiger partial charge is 0.319 e. The number of anilines is 1. The molecule has 2 amide bonds. The lowest BCUT2D eigenvalue weighted by Crippen LogP contribution is -2.38. The van der Waals surface area contributed by atoms with E-state index >= 15 is 0 Å². The van der Waals surface area contributed by atoms with Crippen LogP contribution in [0.5, 0.6) is 0 Å². The Morgan fingerprint density at radius 1 is 1.36 bits per heavy atom. The van der Waals surface area contributed by atoms with Crippen LogP contribution in [0.15, 0.2) is 12.4 Å². The molecule has 2 aromatic rings. The van der Waals surface area contributed by atoms with Crippen molar-refractivity contribution < 1.29 is 9.53 Å². The number of nitrogens with one attached hydrogen (secondary N) is 2. The van der Waals surface area contributed by atoms with E-state index in [9.17, 15) is 4.79 Å². The van der Waals surface area contributed by atoms with Crippen molar-refractivity contribution in [1.82, 2.24) is 35.3 Å². The Balaban J connectivity index is 1.52. The fraction of sp³-hybridized carbons (Fsp3) is 0.667. The van der Waals surface area contributed by atoms with E-state index < -0.39 is 0 Å². The molecule has 1 fully saturated rings. The first-order valence-electron chi connectivity index (χ1n) is 8.58. The molecule has 10 nitrogen and oxygen atoms in total. The Kier molecular flexibility index (Phi) is 5.94. The van der Waals surface area contributed by atoms with E-state index in [2.05, 4.69) is 31.3 Å². The van der Waals surface area contributed by atoms with Crippen molar-refractivity contribution in [3.63, 3.8) is 0 Å². The first-order chi connectivity index (χ1) is 12.2. The molecule has 0 atom stereocenters. The average Bonchev–Trinajstić information content (AvgIpc) is 3.23. The minimum Gasteiger partial charge on any atom is -0.383 e. The number of nitrogens with zero attached hydrogens (tertiary/aromatic N) is 6. The molecule has 0 radical (unpaired) electrons. The molecule has 0 saturated heterocycles. The second kappa shape index (κ2) is 8.56. The van der Waals surface area contributed by atoms with E-state index in [0.717, 1.165) is 12.8 Å². The third-order valence-electron chi connectivity index (χ3n) is 4.25. The Hall–Kier alpha value is -2.49. The average molecular weight is 348 g/mol. The van der Waals surface area contributed by atoms with Gasteiger partial charge in [0.15, 0.2) is 5.82 Å². The molecule has 25 heavy (non-hydrogen) atoms. The lowest BCUT2D eigenvalue weighted by Gasteiger charge is -2.22. The molecule has 136 valence electrons. The molecular formula is C15H24N8O2. The highest BCUT2D eigenvalue weighted by Gasteiger charge is 2.16. The summed E-state index contributed by atoms with van der Waals surface area (Å²) in [6, 6.07) is 0.0885. The minimum absolute atomic E-state index is 0.184. The van der Waals surface area contributed by atoms with Gasteiger partial charge in [-0.3, -0.25) is 4.68 Å². The summed E-state index contributed by atoms with van der Waals surface area (Å²) >= 11 is 0. The maximum absolute atomic E-state index is 12.1. The Bertz CT molecular complexity index is 677. The van der Waals surface area contributed by atoms with Gasteiger partial charge in [-0.2, -0.15) is 5.10 Å². The number of ether oxygens (including phenoxy) is 1. The molecule has 1 aliphatic rings. The van der Waals surface area contributed by atoms with Crippen LogP contribution in [0.25, 0.3) is 0 Å². The molecule has 1 aliphatic carbocycles. The third kappa shape index (κ3) is 4.99. The molecule has 1 saturated carbocycles. The minimum atomic E-state index is -0.184. The van der Waals surface area contributed by atoms with Gasteiger partial charge in [0.1, 0.15) is 6.54 Å². The van der Waals surface area contributed by atoms with Gasteiger partial charge in [0.05, 0.1) is 25.0 Å². The van der Waals surface area contributed by atoms with Gasteiger partial charge < -0.3 is 15.4 Å². The van der Waals surface area contributed by atoms with Gasteiger partial charge >= 0.3 is 6.03 Å². The predicted molar refractivity (Wildman–Crippen MR) is 90.0 cm³/mol. The van der Waals surface area contributed by atoms with Crippen LogP contribution in [0.2, 0.25) is 0 Å².